The molecular weight excluding hydrogens is 413 g/mol. The van der Waals surface area contributed by atoms with Crippen molar-refractivity contribution in [3.05, 3.63) is 33.7 Å². The smallest absolute Gasteiger partial charge is 0.271 e. The number of fused-ring (bicyclic) bond motifs is 1. The molecule has 0 aliphatic carbocycles. The predicted molar refractivity (Wildman–Crippen MR) is 102 cm³/mol. The van der Waals surface area contributed by atoms with Crippen LogP contribution in [0.25, 0.3) is 10.9 Å². The Morgan fingerprint density at radius 2 is 1.71 bits per heavy atom. The molecule has 1 aromatic carbocycles. The van der Waals surface area contributed by atoms with E-state index >= 15 is 0 Å². The topological polar surface area (TPSA) is 68.4 Å². The molecule has 0 spiro atoms. The lowest BCUT2D eigenvalue weighted by atomic mass is 9.94. The monoisotopic (exact) mass is 430 g/mol. The van der Waals surface area contributed by atoms with Crippen LogP contribution in [0.1, 0.15) is 16.9 Å². The molecule has 0 atom stereocenters. The number of H-pyrrole nitrogens is 1. The average Bonchev–Trinajstić information content (AvgIpc) is 3.00. The van der Waals surface area contributed by atoms with Crippen molar-refractivity contribution in [2.75, 3.05) is 39.3 Å². The van der Waals surface area contributed by atoms with Crippen LogP contribution >= 0.6 is 23.2 Å². The minimum Gasteiger partial charge on any atom is -0.349 e. The van der Waals surface area contributed by atoms with Crippen LogP contribution in [0.2, 0.25) is 10.0 Å². The molecule has 150 valence electrons. The van der Waals surface area contributed by atoms with Gasteiger partial charge in [0.25, 0.3) is 5.91 Å². The van der Waals surface area contributed by atoms with E-state index in [4.69, 9.17) is 23.2 Å². The van der Waals surface area contributed by atoms with Gasteiger partial charge in [0.1, 0.15) is 17.2 Å². The van der Waals surface area contributed by atoms with Crippen LogP contribution in [0.4, 0.5) is 8.78 Å². The maximum atomic E-state index is 14.1. The number of aromatic amines is 1. The van der Waals surface area contributed by atoms with E-state index in [2.05, 4.69) is 10.3 Å². The van der Waals surface area contributed by atoms with Gasteiger partial charge in [-0.2, -0.15) is 0 Å². The van der Waals surface area contributed by atoms with Gasteiger partial charge in [0.15, 0.2) is 0 Å². The molecule has 10 heteroatoms. The quantitative estimate of drug-likeness (QED) is 0.786. The number of rotatable bonds is 3. The lowest BCUT2D eigenvalue weighted by Crippen LogP contribution is -2.59. The van der Waals surface area contributed by atoms with Crippen LogP contribution in [0.15, 0.2) is 12.1 Å². The van der Waals surface area contributed by atoms with Crippen molar-refractivity contribution in [1.82, 2.24) is 20.1 Å². The zero-order valence-electron chi connectivity index (χ0n) is 14.8. The molecule has 2 aromatic rings. The molecule has 2 N–H and O–H groups in total. The number of carbonyl (C=O) groups is 2. The van der Waals surface area contributed by atoms with Gasteiger partial charge in [-0.05, 0) is 12.1 Å². The van der Waals surface area contributed by atoms with E-state index in [1.165, 1.54) is 12.1 Å². The van der Waals surface area contributed by atoms with Crippen molar-refractivity contribution >= 4 is 45.9 Å². The van der Waals surface area contributed by atoms with Gasteiger partial charge in [0, 0.05) is 50.2 Å². The van der Waals surface area contributed by atoms with Crippen LogP contribution in [-0.4, -0.2) is 71.5 Å². The predicted octanol–water partition coefficient (Wildman–Crippen LogP) is 2.60. The summed E-state index contributed by atoms with van der Waals surface area (Å²) in [6.45, 7) is 1.63. The summed E-state index contributed by atoms with van der Waals surface area (Å²) in [4.78, 5) is 31.1. The first-order chi connectivity index (χ1) is 13.3. The summed E-state index contributed by atoms with van der Waals surface area (Å²) in [5.74, 6) is -1.22. The van der Waals surface area contributed by atoms with Crippen LogP contribution in [0, 0.1) is 5.82 Å². The number of amides is 2. The maximum absolute atomic E-state index is 14.1. The van der Waals surface area contributed by atoms with Crippen molar-refractivity contribution in [1.29, 1.82) is 0 Å². The van der Waals surface area contributed by atoms with E-state index in [1.54, 1.807) is 9.80 Å². The Hall–Kier alpha value is -1.90. The van der Waals surface area contributed by atoms with Crippen molar-refractivity contribution in [3.63, 3.8) is 0 Å². The average molecular weight is 431 g/mol. The third kappa shape index (κ3) is 3.33. The number of alkyl halides is 1. The number of nitrogens with one attached hydrogen (secondary N) is 2. The molecule has 2 amide bonds. The second-order valence-electron chi connectivity index (χ2n) is 7.20. The molecule has 28 heavy (non-hydrogen) atoms. The summed E-state index contributed by atoms with van der Waals surface area (Å²) < 4.78 is 27.8. The fourth-order valence-corrected chi connectivity index (χ4v) is 4.18. The molecule has 0 radical (unpaired) electrons. The first-order valence-electron chi connectivity index (χ1n) is 8.91. The van der Waals surface area contributed by atoms with Gasteiger partial charge >= 0.3 is 0 Å². The van der Waals surface area contributed by atoms with Gasteiger partial charge in [-0.3, -0.25) is 9.59 Å². The van der Waals surface area contributed by atoms with E-state index in [9.17, 15) is 18.4 Å². The van der Waals surface area contributed by atoms with Gasteiger partial charge in [-0.1, -0.05) is 23.2 Å². The summed E-state index contributed by atoms with van der Waals surface area (Å²) in [6.07, 6.45) is -0.147. The van der Waals surface area contributed by atoms with E-state index in [1.807, 2.05) is 0 Å². The zero-order valence-corrected chi connectivity index (χ0v) is 16.3. The second kappa shape index (κ2) is 7.17. The maximum Gasteiger partial charge on any atom is 0.271 e. The van der Waals surface area contributed by atoms with Gasteiger partial charge in [-0.25, -0.2) is 8.78 Å². The Morgan fingerprint density at radius 3 is 2.32 bits per heavy atom. The lowest BCUT2D eigenvalue weighted by Gasteiger charge is -2.38. The highest BCUT2D eigenvalue weighted by molar-refractivity contribution is 6.44. The van der Waals surface area contributed by atoms with Crippen molar-refractivity contribution in [2.45, 2.75) is 12.1 Å². The van der Waals surface area contributed by atoms with Crippen LogP contribution in [0.5, 0.6) is 0 Å². The number of benzene rings is 1. The number of hydrogen-bond acceptors (Lipinski definition) is 3. The Morgan fingerprint density at radius 1 is 1.07 bits per heavy atom. The molecule has 2 fully saturated rings. The van der Waals surface area contributed by atoms with E-state index < -0.39 is 11.5 Å². The Labute approximate surface area is 169 Å². The van der Waals surface area contributed by atoms with Gasteiger partial charge in [-0.15, -0.1) is 0 Å². The van der Waals surface area contributed by atoms with Gasteiger partial charge in [0.2, 0.25) is 5.91 Å². The van der Waals surface area contributed by atoms with Gasteiger partial charge in [0.05, 0.1) is 16.5 Å². The van der Waals surface area contributed by atoms with Crippen molar-refractivity contribution < 1.29 is 18.4 Å². The molecule has 4 rings (SSSR count). The standard InChI is InChI=1S/C18H18Cl2F2N4O2/c19-14-10(21)1-2-11-13(14)15(20)16(24-11)17(28)26-5-3-25(4-6-26)12(27)7-18(22)8-23-9-18/h1-2,23-24H,3-9H2. The van der Waals surface area contributed by atoms with E-state index in [0.29, 0.717) is 31.7 Å². The molecule has 6 nitrogen and oxygen atoms in total. The number of halogens is 4. The molecule has 2 aliphatic heterocycles. The van der Waals surface area contributed by atoms with E-state index in [0.717, 1.165) is 0 Å². The molecule has 2 aliphatic rings. The molecule has 1 aromatic heterocycles. The minimum atomic E-state index is -1.46. The number of hydrogen-bond donors (Lipinski definition) is 2. The molecule has 3 heterocycles. The lowest BCUT2D eigenvalue weighted by molar-refractivity contribution is -0.136. The third-order valence-corrected chi connectivity index (χ3v) is 6.03. The fourth-order valence-electron chi connectivity index (χ4n) is 3.55. The van der Waals surface area contributed by atoms with Gasteiger partial charge < -0.3 is 20.1 Å². The third-order valence-electron chi connectivity index (χ3n) is 5.28. The first-order valence-corrected chi connectivity index (χ1v) is 9.66. The Balaban J connectivity index is 1.44. The molecule has 2 saturated heterocycles. The van der Waals surface area contributed by atoms with Crippen LogP contribution in [-0.2, 0) is 4.79 Å². The van der Waals surface area contributed by atoms with E-state index in [-0.39, 0.29) is 52.5 Å². The highest BCUT2D eigenvalue weighted by Crippen LogP contribution is 2.35. The number of carbonyl (C=O) groups excluding carboxylic acids is 2. The number of nitrogens with zero attached hydrogens (tertiary/aromatic N) is 2. The van der Waals surface area contributed by atoms with Crippen molar-refractivity contribution in [2.24, 2.45) is 0 Å². The Kier molecular flexibility index (Phi) is 4.97. The summed E-state index contributed by atoms with van der Waals surface area (Å²) in [5.41, 5.74) is -0.862. The molecule has 0 bridgehead atoms. The van der Waals surface area contributed by atoms with Crippen molar-refractivity contribution in [3.8, 4) is 0 Å². The molecule has 0 unspecified atom stereocenters. The van der Waals surface area contributed by atoms with Crippen LogP contribution in [0.3, 0.4) is 0 Å². The largest absolute Gasteiger partial charge is 0.349 e. The SMILES string of the molecule is O=C(CC1(F)CNC1)N1CCN(C(=O)c2[nH]c3ccc(F)c(Cl)c3c2Cl)CC1. The number of aromatic nitrogens is 1. The highest BCUT2D eigenvalue weighted by Gasteiger charge is 2.40. The summed E-state index contributed by atoms with van der Waals surface area (Å²) in [7, 11) is 0. The second-order valence-corrected chi connectivity index (χ2v) is 7.96. The molecule has 0 saturated carbocycles. The zero-order chi connectivity index (χ0) is 20.1. The van der Waals surface area contributed by atoms with Crippen LogP contribution < -0.4 is 5.32 Å². The summed E-state index contributed by atoms with van der Waals surface area (Å²) in [5, 5.41) is 3.02. The first kappa shape index (κ1) is 19.4. The summed E-state index contributed by atoms with van der Waals surface area (Å²) >= 11 is 12.3. The highest BCUT2D eigenvalue weighted by atomic mass is 35.5. The number of piperazine rings is 1. The summed E-state index contributed by atoms with van der Waals surface area (Å²) in [6, 6.07) is 2.67. The minimum absolute atomic E-state index is 0.0693. The Bertz CT molecular complexity index is 953. The fraction of sp³-hybridized carbons (Fsp3) is 0.444. The molecular formula is C18H18Cl2F2N4O2. The normalized spacial score (nSPS) is 19.0.